The first kappa shape index (κ1) is 7.03. The van der Waals surface area contributed by atoms with Gasteiger partial charge in [-0.05, 0) is 12.1 Å². The van der Waals surface area contributed by atoms with Crippen LogP contribution in [0.2, 0.25) is 0 Å². The fourth-order valence-corrected chi connectivity index (χ4v) is 1.16. The largest absolute Gasteiger partial charge is 0.317 e. The van der Waals surface area contributed by atoms with Crippen LogP contribution in [-0.4, -0.2) is 9.55 Å². The van der Waals surface area contributed by atoms with Crippen molar-refractivity contribution in [2.75, 3.05) is 0 Å². The molecule has 0 aliphatic carbocycles. The second-order valence-corrected chi connectivity index (χ2v) is 2.67. The number of aryl methyl sites for hydroxylation is 1. The maximum atomic E-state index is 11.4. The van der Waals surface area contributed by atoms with Gasteiger partial charge in [0.25, 0.3) is 5.56 Å². The molecule has 0 aliphatic rings. The van der Waals surface area contributed by atoms with Crippen LogP contribution in [-0.2, 0) is 7.05 Å². The Morgan fingerprint density at radius 1 is 1.42 bits per heavy atom. The third-order valence-electron chi connectivity index (χ3n) is 1.84. The molecule has 2 rings (SSSR count). The molecule has 0 amide bonds. The SMILES string of the molecule is Cn1ccc2cccnc2c1=O. The highest BCUT2D eigenvalue weighted by Crippen LogP contribution is 2.03. The zero-order chi connectivity index (χ0) is 8.55. The highest BCUT2D eigenvalue weighted by molar-refractivity contribution is 5.76. The molecule has 0 unspecified atom stereocenters. The Morgan fingerprint density at radius 3 is 3.08 bits per heavy atom. The minimum Gasteiger partial charge on any atom is -0.317 e. The van der Waals surface area contributed by atoms with Gasteiger partial charge in [-0.25, -0.2) is 0 Å². The lowest BCUT2D eigenvalue weighted by molar-refractivity contribution is 0.869. The van der Waals surface area contributed by atoms with Crippen molar-refractivity contribution in [1.82, 2.24) is 9.55 Å². The Hall–Kier alpha value is -1.64. The number of rotatable bonds is 0. The molecule has 0 fully saturated rings. The first-order valence-corrected chi connectivity index (χ1v) is 3.69. The Morgan fingerprint density at radius 2 is 2.25 bits per heavy atom. The molecule has 0 aliphatic heterocycles. The molecular formula is C9H8N2O. The van der Waals surface area contributed by atoms with Crippen molar-refractivity contribution < 1.29 is 0 Å². The maximum absolute atomic E-state index is 11.4. The standard InChI is InChI=1S/C9H8N2O/c1-11-6-4-7-3-2-5-10-8(7)9(11)12/h2-6H,1H3. The van der Waals surface area contributed by atoms with E-state index in [2.05, 4.69) is 4.98 Å². The zero-order valence-electron chi connectivity index (χ0n) is 6.69. The summed E-state index contributed by atoms with van der Waals surface area (Å²) in [5.74, 6) is 0. The van der Waals surface area contributed by atoms with Gasteiger partial charge >= 0.3 is 0 Å². The van der Waals surface area contributed by atoms with Crippen molar-refractivity contribution >= 4 is 10.9 Å². The fraction of sp³-hybridized carbons (Fsp3) is 0.111. The van der Waals surface area contributed by atoms with E-state index in [-0.39, 0.29) is 5.56 Å². The van der Waals surface area contributed by atoms with Gasteiger partial charge in [0.05, 0.1) is 0 Å². The number of fused-ring (bicyclic) bond motifs is 1. The second kappa shape index (κ2) is 2.44. The molecule has 3 heteroatoms. The zero-order valence-corrected chi connectivity index (χ0v) is 6.69. The highest BCUT2D eigenvalue weighted by atomic mass is 16.1. The quantitative estimate of drug-likeness (QED) is 0.574. The summed E-state index contributed by atoms with van der Waals surface area (Å²) >= 11 is 0. The molecule has 0 radical (unpaired) electrons. The molecular weight excluding hydrogens is 152 g/mol. The van der Waals surface area contributed by atoms with E-state index in [0.717, 1.165) is 5.39 Å². The van der Waals surface area contributed by atoms with Crippen molar-refractivity contribution in [2.24, 2.45) is 7.05 Å². The lowest BCUT2D eigenvalue weighted by Crippen LogP contribution is -2.16. The van der Waals surface area contributed by atoms with Gasteiger partial charge in [0.2, 0.25) is 0 Å². The van der Waals surface area contributed by atoms with Crippen molar-refractivity contribution in [2.45, 2.75) is 0 Å². The smallest absolute Gasteiger partial charge is 0.276 e. The molecule has 0 bridgehead atoms. The summed E-state index contributed by atoms with van der Waals surface area (Å²) in [5, 5.41) is 0.889. The second-order valence-electron chi connectivity index (χ2n) is 2.67. The van der Waals surface area contributed by atoms with Crippen LogP contribution >= 0.6 is 0 Å². The Labute approximate surface area is 69.3 Å². The predicted octanol–water partition coefficient (Wildman–Crippen LogP) is 0.933. The first-order valence-electron chi connectivity index (χ1n) is 3.69. The van der Waals surface area contributed by atoms with Crippen molar-refractivity contribution in [1.29, 1.82) is 0 Å². The van der Waals surface area contributed by atoms with Crippen LogP contribution in [0.4, 0.5) is 0 Å². The number of pyridine rings is 2. The Kier molecular flexibility index (Phi) is 1.43. The summed E-state index contributed by atoms with van der Waals surface area (Å²) in [6.45, 7) is 0. The Bertz CT molecular complexity index is 473. The number of nitrogens with zero attached hydrogens (tertiary/aromatic N) is 2. The van der Waals surface area contributed by atoms with Crippen LogP contribution in [0.15, 0.2) is 35.4 Å². The molecule has 0 aromatic carbocycles. The topological polar surface area (TPSA) is 34.9 Å². The maximum Gasteiger partial charge on any atom is 0.276 e. The van der Waals surface area contributed by atoms with Crippen LogP contribution in [0.3, 0.4) is 0 Å². The number of hydrogen-bond acceptors (Lipinski definition) is 2. The molecule has 0 N–H and O–H groups in total. The van der Waals surface area contributed by atoms with E-state index in [0.29, 0.717) is 5.52 Å². The molecule has 0 atom stereocenters. The lowest BCUT2D eigenvalue weighted by atomic mass is 10.3. The summed E-state index contributed by atoms with van der Waals surface area (Å²) in [4.78, 5) is 15.4. The van der Waals surface area contributed by atoms with Gasteiger partial charge in [0.15, 0.2) is 0 Å². The molecule has 2 heterocycles. The molecule has 0 spiro atoms. The third kappa shape index (κ3) is 0.906. The summed E-state index contributed by atoms with van der Waals surface area (Å²) in [6, 6.07) is 5.58. The van der Waals surface area contributed by atoms with Crippen LogP contribution in [0.1, 0.15) is 0 Å². The van der Waals surface area contributed by atoms with E-state index in [1.807, 2.05) is 18.2 Å². The van der Waals surface area contributed by atoms with E-state index in [9.17, 15) is 4.79 Å². The van der Waals surface area contributed by atoms with Crippen molar-refractivity contribution in [3.05, 3.63) is 40.9 Å². The summed E-state index contributed by atoms with van der Waals surface area (Å²) < 4.78 is 1.52. The summed E-state index contributed by atoms with van der Waals surface area (Å²) in [6.07, 6.45) is 3.37. The lowest BCUT2D eigenvalue weighted by Gasteiger charge is -1.98. The van der Waals surface area contributed by atoms with Crippen LogP contribution in [0, 0.1) is 0 Å². The average molecular weight is 160 g/mol. The minimum atomic E-state index is -0.0481. The van der Waals surface area contributed by atoms with Gasteiger partial charge < -0.3 is 4.57 Å². The van der Waals surface area contributed by atoms with Gasteiger partial charge in [-0.3, -0.25) is 9.78 Å². The molecule has 60 valence electrons. The highest BCUT2D eigenvalue weighted by Gasteiger charge is 1.98. The van der Waals surface area contributed by atoms with Gasteiger partial charge in [0.1, 0.15) is 5.52 Å². The van der Waals surface area contributed by atoms with Gasteiger partial charge in [-0.15, -0.1) is 0 Å². The number of aromatic nitrogens is 2. The van der Waals surface area contributed by atoms with Gasteiger partial charge in [0, 0.05) is 24.8 Å². The predicted molar refractivity (Wildman–Crippen MR) is 47.0 cm³/mol. The molecule has 0 saturated heterocycles. The molecule has 2 aromatic heterocycles. The van der Waals surface area contributed by atoms with Crippen molar-refractivity contribution in [3.63, 3.8) is 0 Å². The van der Waals surface area contributed by atoms with Crippen LogP contribution in [0.5, 0.6) is 0 Å². The van der Waals surface area contributed by atoms with E-state index in [1.54, 1.807) is 19.4 Å². The monoisotopic (exact) mass is 160 g/mol. The summed E-state index contributed by atoms with van der Waals surface area (Å²) in [7, 11) is 1.72. The fourth-order valence-electron chi connectivity index (χ4n) is 1.16. The molecule has 12 heavy (non-hydrogen) atoms. The number of hydrogen-bond donors (Lipinski definition) is 0. The first-order chi connectivity index (χ1) is 5.79. The molecule has 3 nitrogen and oxygen atoms in total. The van der Waals surface area contributed by atoms with Crippen molar-refractivity contribution in [3.8, 4) is 0 Å². The van der Waals surface area contributed by atoms with E-state index >= 15 is 0 Å². The minimum absolute atomic E-state index is 0.0481. The summed E-state index contributed by atoms with van der Waals surface area (Å²) in [5.41, 5.74) is 0.482. The normalized spacial score (nSPS) is 10.4. The van der Waals surface area contributed by atoms with Crippen LogP contribution in [0.25, 0.3) is 10.9 Å². The van der Waals surface area contributed by atoms with E-state index in [4.69, 9.17) is 0 Å². The van der Waals surface area contributed by atoms with Gasteiger partial charge in [-0.2, -0.15) is 0 Å². The Balaban J connectivity index is 3.01. The van der Waals surface area contributed by atoms with Crippen LogP contribution < -0.4 is 5.56 Å². The van der Waals surface area contributed by atoms with Gasteiger partial charge in [-0.1, -0.05) is 6.07 Å². The van der Waals surface area contributed by atoms with E-state index in [1.165, 1.54) is 4.57 Å². The third-order valence-corrected chi connectivity index (χ3v) is 1.84. The van der Waals surface area contributed by atoms with E-state index < -0.39 is 0 Å². The average Bonchev–Trinajstić information content (AvgIpc) is 2.12. The molecule has 2 aromatic rings. The molecule has 0 saturated carbocycles.